The second-order valence-electron chi connectivity index (χ2n) is 7.90. The van der Waals surface area contributed by atoms with Crippen LogP contribution in [0.25, 0.3) is 0 Å². The molecule has 1 heterocycles. The van der Waals surface area contributed by atoms with E-state index in [2.05, 4.69) is 27.8 Å². The number of carbonyl (C=O) groups excluding carboxylic acids is 2. The number of benzene rings is 1. The van der Waals surface area contributed by atoms with Gasteiger partial charge in [0.25, 0.3) is 0 Å². The van der Waals surface area contributed by atoms with Crippen LogP contribution in [0.4, 0.5) is 4.39 Å². The minimum absolute atomic E-state index is 0.0175. The molecule has 1 saturated carbocycles. The summed E-state index contributed by atoms with van der Waals surface area (Å²) >= 11 is 1.64. The number of thioether (sulfide) groups is 1. The van der Waals surface area contributed by atoms with E-state index in [0.717, 1.165) is 12.2 Å². The highest BCUT2D eigenvalue weighted by molar-refractivity contribution is 7.98. The second kappa shape index (κ2) is 9.20. The van der Waals surface area contributed by atoms with E-state index in [9.17, 15) is 14.0 Å². The van der Waals surface area contributed by atoms with E-state index in [1.165, 1.54) is 11.0 Å². The lowest BCUT2D eigenvalue weighted by atomic mass is 9.85. The van der Waals surface area contributed by atoms with Gasteiger partial charge >= 0.3 is 0 Å². The summed E-state index contributed by atoms with van der Waals surface area (Å²) in [4.78, 5) is 31.0. The summed E-state index contributed by atoms with van der Waals surface area (Å²) in [7, 11) is 1.68. The second-order valence-corrected chi connectivity index (χ2v) is 9.00. The first-order chi connectivity index (χ1) is 14.6. The number of likely N-dealkylation sites (tertiary alicyclic amines) is 1. The van der Waals surface area contributed by atoms with Crippen molar-refractivity contribution >= 4 is 29.5 Å². The molecule has 30 heavy (non-hydrogen) atoms. The monoisotopic (exact) mass is 430 g/mol. The molecule has 2 amide bonds. The summed E-state index contributed by atoms with van der Waals surface area (Å²) in [5.41, 5.74) is 0.707. The van der Waals surface area contributed by atoms with E-state index in [4.69, 9.17) is 0 Å². The molecular weight excluding hydrogens is 403 g/mol. The largest absolute Gasteiger partial charge is 0.356 e. The van der Waals surface area contributed by atoms with Crippen molar-refractivity contribution in [3.8, 4) is 0 Å². The topological polar surface area (TPSA) is 73.8 Å². The van der Waals surface area contributed by atoms with Gasteiger partial charge in [-0.05, 0) is 29.9 Å². The van der Waals surface area contributed by atoms with Crippen LogP contribution in [0.15, 0.2) is 41.4 Å². The van der Waals surface area contributed by atoms with Gasteiger partial charge < -0.3 is 10.6 Å². The van der Waals surface area contributed by atoms with E-state index in [1.54, 1.807) is 30.9 Å². The maximum Gasteiger partial charge on any atom is 0.233 e. The van der Waals surface area contributed by atoms with Gasteiger partial charge in [-0.25, -0.2) is 4.39 Å². The standard InChI is InChI=1S/C22H27FN4O2S/c1-24-22(26-9-11-30-13-16-4-2-3-5-17(16)23)25-8-10-27-20(28)18-14-6-7-15(12-14)19(18)21(27)29/h2-7,14-15,18-19H,8-13H2,1H3,(H2,24,25,26). The lowest BCUT2D eigenvalue weighted by molar-refractivity contribution is -0.140. The highest BCUT2D eigenvalue weighted by Crippen LogP contribution is 2.52. The van der Waals surface area contributed by atoms with Crippen molar-refractivity contribution in [1.82, 2.24) is 15.5 Å². The average Bonchev–Trinajstić information content (AvgIpc) is 3.43. The molecule has 0 spiro atoms. The molecule has 1 aromatic rings. The van der Waals surface area contributed by atoms with Gasteiger partial charge in [-0.1, -0.05) is 30.4 Å². The molecule has 4 atom stereocenters. The number of carbonyl (C=O) groups is 2. The minimum Gasteiger partial charge on any atom is -0.356 e. The number of guanidine groups is 1. The number of imide groups is 1. The van der Waals surface area contributed by atoms with Gasteiger partial charge in [0.05, 0.1) is 11.8 Å². The highest BCUT2D eigenvalue weighted by Gasteiger charge is 2.58. The SMILES string of the molecule is CN=C(NCCSCc1ccccc1F)NCCN1C(=O)C2C3C=CC(C3)C2C1=O. The summed E-state index contributed by atoms with van der Waals surface area (Å²) in [5, 5.41) is 6.37. The number of amides is 2. The van der Waals surface area contributed by atoms with Crippen molar-refractivity contribution in [2.24, 2.45) is 28.7 Å². The van der Waals surface area contributed by atoms with E-state index in [0.29, 0.717) is 36.9 Å². The molecule has 160 valence electrons. The quantitative estimate of drug-likeness (QED) is 0.217. The molecule has 0 aromatic heterocycles. The van der Waals surface area contributed by atoms with Gasteiger partial charge in [0, 0.05) is 38.2 Å². The minimum atomic E-state index is -0.172. The fourth-order valence-corrected chi connectivity index (χ4v) is 5.58. The summed E-state index contributed by atoms with van der Waals surface area (Å²) in [6.07, 6.45) is 5.16. The van der Waals surface area contributed by atoms with Gasteiger partial charge in [0.2, 0.25) is 11.8 Å². The Labute approximate surface area is 180 Å². The number of hydrogen-bond acceptors (Lipinski definition) is 4. The lowest BCUT2D eigenvalue weighted by Crippen LogP contribution is -2.44. The number of allylic oxidation sites excluding steroid dienone is 2. The number of nitrogens with zero attached hydrogens (tertiary/aromatic N) is 2. The zero-order valence-corrected chi connectivity index (χ0v) is 17.8. The normalized spacial score (nSPS) is 27.1. The van der Waals surface area contributed by atoms with Gasteiger partial charge in [-0.15, -0.1) is 0 Å². The van der Waals surface area contributed by atoms with Crippen molar-refractivity contribution < 1.29 is 14.0 Å². The number of fused-ring (bicyclic) bond motifs is 5. The molecule has 0 radical (unpaired) electrons. The van der Waals surface area contributed by atoms with Crippen molar-refractivity contribution in [2.45, 2.75) is 12.2 Å². The Kier molecular flexibility index (Phi) is 6.41. The number of hydrogen-bond donors (Lipinski definition) is 2. The molecule has 4 rings (SSSR count). The van der Waals surface area contributed by atoms with Crippen LogP contribution in [0.2, 0.25) is 0 Å². The molecule has 1 aromatic carbocycles. The smallest absolute Gasteiger partial charge is 0.233 e. The van der Waals surface area contributed by atoms with E-state index >= 15 is 0 Å². The van der Waals surface area contributed by atoms with E-state index < -0.39 is 0 Å². The molecule has 8 heteroatoms. The Morgan fingerprint density at radius 3 is 2.47 bits per heavy atom. The average molecular weight is 431 g/mol. The van der Waals surface area contributed by atoms with Gasteiger partial charge in [0.1, 0.15) is 5.82 Å². The summed E-state index contributed by atoms with van der Waals surface area (Å²) in [6, 6.07) is 6.81. The van der Waals surface area contributed by atoms with Crippen LogP contribution in [0.3, 0.4) is 0 Å². The summed E-state index contributed by atoms with van der Waals surface area (Å²) in [6.45, 7) is 1.49. The first-order valence-corrected chi connectivity index (χ1v) is 11.5. The molecule has 2 bridgehead atoms. The Balaban J connectivity index is 1.15. The van der Waals surface area contributed by atoms with Crippen molar-refractivity contribution in [3.63, 3.8) is 0 Å². The van der Waals surface area contributed by atoms with Crippen LogP contribution in [0.1, 0.15) is 12.0 Å². The number of nitrogens with one attached hydrogen (secondary N) is 2. The molecule has 3 aliphatic rings. The predicted molar refractivity (Wildman–Crippen MR) is 116 cm³/mol. The molecule has 4 unspecified atom stereocenters. The Morgan fingerprint density at radius 2 is 1.80 bits per heavy atom. The van der Waals surface area contributed by atoms with Crippen molar-refractivity contribution in [2.75, 3.05) is 32.4 Å². The molecular formula is C22H27FN4O2S. The van der Waals surface area contributed by atoms with Crippen molar-refractivity contribution in [3.05, 3.63) is 47.8 Å². The number of rotatable bonds is 8. The molecule has 2 aliphatic carbocycles. The maximum atomic E-state index is 13.6. The number of aliphatic imine (C=N–C) groups is 1. The Morgan fingerprint density at radius 1 is 1.13 bits per heavy atom. The zero-order chi connectivity index (χ0) is 21.1. The lowest BCUT2D eigenvalue weighted by Gasteiger charge is -2.18. The van der Waals surface area contributed by atoms with Gasteiger partial charge in [-0.2, -0.15) is 11.8 Å². The predicted octanol–water partition coefficient (Wildman–Crippen LogP) is 2.03. The molecule has 1 saturated heterocycles. The number of halogens is 1. The van der Waals surface area contributed by atoms with Crippen LogP contribution < -0.4 is 10.6 Å². The van der Waals surface area contributed by atoms with Crippen LogP contribution in [0.5, 0.6) is 0 Å². The fourth-order valence-electron chi connectivity index (χ4n) is 4.73. The molecule has 2 N–H and O–H groups in total. The van der Waals surface area contributed by atoms with E-state index in [1.807, 2.05) is 6.07 Å². The van der Waals surface area contributed by atoms with Crippen LogP contribution >= 0.6 is 11.8 Å². The van der Waals surface area contributed by atoms with Gasteiger partial charge in [-0.3, -0.25) is 19.5 Å². The van der Waals surface area contributed by atoms with Crippen LogP contribution in [-0.2, 0) is 15.3 Å². The summed E-state index contributed by atoms with van der Waals surface area (Å²) < 4.78 is 13.6. The summed E-state index contributed by atoms with van der Waals surface area (Å²) in [5.74, 6) is 2.05. The molecule has 2 fully saturated rings. The third-order valence-corrected chi connectivity index (χ3v) is 7.18. The highest BCUT2D eigenvalue weighted by atomic mass is 32.2. The van der Waals surface area contributed by atoms with Crippen LogP contribution in [-0.4, -0.2) is 55.1 Å². The Hall–Kier alpha value is -2.35. The third kappa shape index (κ3) is 4.10. The van der Waals surface area contributed by atoms with Gasteiger partial charge in [0.15, 0.2) is 5.96 Å². The molecule has 6 nitrogen and oxygen atoms in total. The van der Waals surface area contributed by atoms with E-state index in [-0.39, 0.29) is 41.3 Å². The van der Waals surface area contributed by atoms with Crippen LogP contribution in [0, 0.1) is 29.5 Å². The first-order valence-electron chi connectivity index (χ1n) is 10.4. The third-order valence-electron chi connectivity index (χ3n) is 6.17. The first kappa shape index (κ1) is 20.9. The maximum absolute atomic E-state index is 13.6. The molecule has 1 aliphatic heterocycles. The fraction of sp³-hybridized carbons (Fsp3) is 0.500. The van der Waals surface area contributed by atoms with Crippen molar-refractivity contribution in [1.29, 1.82) is 0 Å². The zero-order valence-electron chi connectivity index (χ0n) is 17.0. The Bertz CT molecular complexity index is 844.